The van der Waals surface area contributed by atoms with Crippen LogP contribution in [0.5, 0.6) is 0 Å². The Kier molecular flexibility index (Phi) is 11.7. The molecule has 0 bridgehead atoms. The van der Waals surface area contributed by atoms with Crippen molar-refractivity contribution >= 4 is 33.7 Å². The smallest absolute Gasteiger partial charge is 0.870 e. The van der Waals surface area contributed by atoms with Crippen LogP contribution in [0.3, 0.4) is 0 Å². The van der Waals surface area contributed by atoms with Crippen molar-refractivity contribution in [2.75, 3.05) is 7.11 Å². The van der Waals surface area contributed by atoms with Gasteiger partial charge in [-0.1, -0.05) is 50.7 Å². The SMILES string of the molecule is COC(=O)c1ccc2c(C3CCCCC3)c3n(c2c1)CCCn1ccnc1-3.O=C(O)c1ccc2c(C3CCCCC3)c3n(c2c1)CCCn1ccnc1-3.[Na+].[OH-]. The molecule has 12 heteroatoms. The Morgan fingerprint density at radius 1 is 0.655 bits per heavy atom. The van der Waals surface area contributed by atoms with Crippen LogP contribution in [0.15, 0.2) is 61.2 Å². The summed E-state index contributed by atoms with van der Waals surface area (Å²) in [5.74, 6) is 2.09. The number of hydrogen-bond acceptors (Lipinski definition) is 6. The number of imidazole rings is 2. The number of benzene rings is 2. The van der Waals surface area contributed by atoms with Crippen LogP contribution in [0.4, 0.5) is 0 Å². The van der Waals surface area contributed by atoms with E-state index >= 15 is 0 Å². The van der Waals surface area contributed by atoms with Crippen molar-refractivity contribution in [2.45, 2.75) is 115 Å². The number of rotatable bonds is 4. The third-order valence-electron chi connectivity index (χ3n) is 12.3. The second-order valence-corrected chi connectivity index (χ2v) is 15.4. The first-order chi connectivity index (χ1) is 26.0. The number of ether oxygens (including phenoxy) is 1. The molecule has 2 saturated carbocycles. The van der Waals surface area contributed by atoms with Gasteiger partial charge in [0.25, 0.3) is 0 Å². The van der Waals surface area contributed by atoms with Crippen LogP contribution >= 0.6 is 0 Å². The molecule has 0 spiro atoms. The Balaban J connectivity index is 0.000000163. The van der Waals surface area contributed by atoms with E-state index in [0.717, 1.165) is 61.7 Å². The predicted octanol–water partition coefficient (Wildman–Crippen LogP) is 6.22. The quantitative estimate of drug-likeness (QED) is 0.167. The van der Waals surface area contributed by atoms with Crippen molar-refractivity contribution in [3.05, 3.63) is 83.4 Å². The van der Waals surface area contributed by atoms with Crippen LogP contribution < -0.4 is 29.6 Å². The summed E-state index contributed by atoms with van der Waals surface area (Å²) in [6, 6.07) is 11.7. The van der Waals surface area contributed by atoms with Crippen LogP contribution in [0.1, 0.15) is 121 Å². The zero-order valence-electron chi connectivity index (χ0n) is 32.0. The minimum absolute atomic E-state index is 0. The van der Waals surface area contributed by atoms with Gasteiger partial charge >= 0.3 is 41.5 Å². The first-order valence-electron chi connectivity index (χ1n) is 19.7. The molecule has 11 nitrogen and oxygen atoms in total. The number of aryl methyl sites for hydroxylation is 4. The van der Waals surface area contributed by atoms with Crippen molar-refractivity contribution in [1.82, 2.24) is 28.2 Å². The molecule has 0 radical (unpaired) electrons. The number of carbonyl (C=O) groups excluding carboxylic acids is 1. The van der Waals surface area contributed by atoms with Crippen molar-refractivity contribution in [3.63, 3.8) is 0 Å². The molecule has 4 aliphatic rings. The summed E-state index contributed by atoms with van der Waals surface area (Å²) < 4.78 is 14.2. The summed E-state index contributed by atoms with van der Waals surface area (Å²) in [6.07, 6.45) is 22.8. The van der Waals surface area contributed by atoms with Crippen molar-refractivity contribution < 1.29 is 54.5 Å². The number of esters is 1. The summed E-state index contributed by atoms with van der Waals surface area (Å²) in [7, 11) is 1.44. The molecule has 2 fully saturated rings. The third kappa shape index (κ3) is 6.98. The Labute approximate surface area is 343 Å². The van der Waals surface area contributed by atoms with Crippen LogP contribution in [-0.2, 0) is 30.9 Å². The van der Waals surface area contributed by atoms with E-state index < -0.39 is 5.97 Å². The number of nitrogens with zero attached hydrogens (tertiary/aromatic N) is 6. The Bertz CT molecular complexity index is 2340. The fraction of sp³-hybridized carbons (Fsp3) is 0.442. The number of carboxylic acids is 1. The molecule has 0 atom stereocenters. The average molecular weight is 753 g/mol. The standard InChI is InChI=1S/C22H25N3O2.C21H23N3O2.Na.H2O/c1-27-22(26)16-8-9-17-18(14-16)25-12-5-11-24-13-10-23-21(24)20(25)19(17)15-6-3-2-4-7-15;25-21(26)15-7-8-16-17(13-15)24-11-4-10-23-12-9-22-20(23)19(24)18(16)14-5-2-1-3-6-14;;/h8-10,13-15H,2-7,11-12H2,1H3;7-9,12-14H,1-6,10-11H2,(H,25,26);;1H2/q;;+1;/p-1. The van der Waals surface area contributed by atoms with E-state index in [-0.39, 0.29) is 41.0 Å². The van der Waals surface area contributed by atoms with Crippen LogP contribution in [0.25, 0.3) is 44.8 Å². The van der Waals surface area contributed by atoms with E-state index in [1.54, 1.807) is 6.07 Å². The largest absolute Gasteiger partial charge is 1.00 e. The molecule has 2 N–H and O–H groups in total. The topological polar surface area (TPSA) is 139 Å². The van der Waals surface area contributed by atoms with E-state index in [2.05, 4.69) is 36.7 Å². The van der Waals surface area contributed by atoms with E-state index in [4.69, 9.17) is 14.7 Å². The molecule has 0 saturated heterocycles. The van der Waals surface area contributed by atoms with Crippen molar-refractivity contribution in [1.29, 1.82) is 0 Å². The number of fused-ring (bicyclic) bond motifs is 10. The molecular formula is C43H49N6NaO5. The maximum absolute atomic E-state index is 12.1. The van der Waals surface area contributed by atoms with Crippen molar-refractivity contribution in [3.8, 4) is 23.0 Å². The summed E-state index contributed by atoms with van der Waals surface area (Å²) in [5.41, 5.74) is 8.50. The molecule has 55 heavy (non-hydrogen) atoms. The van der Waals surface area contributed by atoms with Gasteiger partial charge in [0.15, 0.2) is 11.6 Å². The minimum Gasteiger partial charge on any atom is -0.870 e. The fourth-order valence-electron chi connectivity index (χ4n) is 9.90. The minimum atomic E-state index is -0.864. The van der Waals surface area contributed by atoms with Gasteiger partial charge in [-0.2, -0.15) is 0 Å². The van der Waals surface area contributed by atoms with Crippen LogP contribution in [0, 0.1) is 0 Å². The molecule has 10 rings (SSSR count). The maximum Gasteiger partial charge on any atom is 1.00 e. The molecule has 4 aromatic heterocycles. The van der Waals surface area contributed by atoms with Gasteiger partial charge in [-0.25, -0.2) is 19.6 Å². The van der Waals surface area contributed by atoms with Crippen LogP contribution in [0.2, 0.25) is 0 Å². The van der Waals surface area contributed by atoms with E-state index in [1.807, 2.05) is 36.7 Å². The van der Waals surface area contributed by atoms with Gasteiger partial charge in [0, 0.05) is 72.8 Å². The van der Waals surface area contributed by atoms with Gasteiger partial charge in [-0.05, 0) is 85.8 Å². The molecule has 0 unspecified atom stereocenters. The molecule has 2 aliphatic heterocycles. The molecule has 6 heterocycles. The Hall–Kier alpha value is -4.16. The number of carboxylic acid groups (broad SMARTS) is 1. The van der Waals surface area contributed by atoms with Gasteiger partial charge < -0.3 is 33.6 Å². The molecule has 2 aliphatic carbocycles. The number of hydrogen-bond donors (Lipinski definition) is 1. The Morgan fingerprint density at radius 3 is 1.56 bits per heavy atom. The summed E-state index contributed by atoms with van der Waals surface area (Å²) in [4.78, 5) is 33.1. The van der Waals surface area contributed by atoms with Gasteiger partial charge in [0.2, 0.25) is 0 Å². The summed E-state index contributed by atoms with van der Waals surface area (Å²) in [6.45, 7) is 3.80. The average Bonchev–Trinajstić information content (AvgIpc) is 3.95. The monoisotopic (exact) mass is 752 g/mol. The van der Waals surface area contributed by atoms with E-state index in [1.165, 1.54) is 105 Å². The normalized spacial score (nSPS) is 16.9. The number of methoxy groups -OCH3 is 1. The number of carbonyl (C=O) groups is 2. The molecule has 2 aromatic carbocycles. The predicted molar refractivity (Wildman–Crippen MR) is 207 cm³/mol. The zero-order valence-corrected chi connectivity index (χ0v) is 34.0. The summed E-state index contributed by atoms with van der Waals surface area (Å²) in [5, 5.41) is 12.0. The first-order valence-corrected chi connectivity index (χ1v) is 19.7. The van der Waals surface area contributed by atoms with Crippen LogP contribution in [-0.4, -0.2) is 57.9 Å². The number of aromatic carboxylic acids is 1. The Morgan fingerprint density at radius 2 is 1.11 bits per heavy atom. The maximum atomic E-state index is 12.1. The number of aromatic nitrogens is 6. The van der Waals surface area contributed by atoms with Gasteiger partial charge in [-0.3, -0.25) is 0 Å². The van der Waals surface area contributed by atoms with E-state index in [0.29, 0.717) is 23.0 Å². The molecule has 6 aromatic rings. The fourth-order valence-corrected chi connectivity index (χ4v) is 9.90. The van der Waals surface area contributed by atoms with Gasteiger partial charge in [0.05, 0.1) is 29.6 Å². The second kappa shape index (κ2) is 16.5. The van der Waals surface area contributed by atoms with Gasteiger partial charge in [0.1, 0.15) is 0 Å². The molecular weight excluding hydrogens is 704 g/mol. The summed E-state index contributed by atoms with van der Waals surface area (Å²) >= 11 is 0. The van der Waals surface area contributed by atoms with Gasteiger partial charge in [-0.15, -0.1) is 0 Å². The van der Waals surface area contributed by atoms with Crippen molar-refractivity contribution in [2.24, 2.45) is 0 Å². The third-order valence-corrected chi connectivity index (χ3v) is 12.3. The van der Waals surface area contributed by atoms with E-state index in [9.17, 15) is 14.7 Å². The second-order valence-electron chi connectivity index (χ2n) is 15.4. The molecule has 282 valence electrons. The molecule has 0 amide bonds. The zero-order chi connectivity index (χ0) is 36.1. The first kappa shape index (κ1) is 39.1.